The van der Waals surface area contributed by atoms with E-state index in [-0.39, 0.29) is 32.6 Å². The minimum atomic E-state index is -3.50. The maximum atomic E-state index is 12.1. The van der Waals surface area contributed by atoms with Crippen LogP contribution in [0.1, 0.15) is 69.1 Å². The molecule has 0 atom stereocenters. The Labute approximate surface area is 638 Å². The van der Waals surface area contributed by atoms with Crippen LogP contribution in [0.15, 0.2) is 73.1 Å². The Morgan fingerprint density at radius 1 is 0.670 bits per heavy atom. The van der Waals surface area contributed by atoms with E-state index in [0.717, 1.165) is 88.1 Å². The van der Waals surface area contributed by atoms with Gasteiger partial charge in [-0.25, -0.2) is 39.1 Å². The first-order valence-corrected chi connectivity index (χ1v) is 37.9. The molecule has 4 heterocycles. The number of nitrogens with zero attached hydrogens (tertiary/aromatic N) is 8. The largest absolute Gasteiger partial charge is 0.687 e. The summed E-state index contributed by atoms with van der Waals surface area (Å²) in [4.78, 5) is 26.3. The molecule has 0 bridgehead atoms. The van der Waals surface area contributed by atoms with Crippen LogP contribution in [-0.4, -0.2) is 240 Å². The number of nitrogens with one attached hydrogen (secondary N) is 4. The van der Waals surface area contributed by atoms with Crippen LogP contribution >= 0.6 is 34.8 Å². The maximum Gasteiger partial charge on any atom is 0.230 e. The molecule has 8 rings (SSSR count). The maximum absolute atomic E-state index is 12.1. The van der Waals surface area contributed by atoms with E-state index < -0.39 is 51.8 Å². The highest BCUT2D eigenvalue weighted by molar-refractivity contribution is 8.05. The summed E-state index contributed by atoms with van der Waals surface area (Å²) in [6.07, 6.45) is 21.5. The lowest BCUT2D eigenvalue weighted by molar-refractivity contribution is 0.249. The van der Waals surface area contributed by atoms with E-state index in [1.54, 1.807) is 50.6 Å². The van der Waals surface area contributed by atoms with Gasteiger partial charge in [-0.2, -0.15) is 9.97 Å². The van der Waals surface area contributed by atoms with E-state index in [4.69, 9.17) is 120 Å². The monoisotopic (exact) mass is 1470 g/mol. The highest BCUT2D eigenvalue weighted by Gasteiger charge is 2.28. The molecular formula is C65H83B12Cl3N13O8S2-2. The number of nitrogens with two attached hydrogens (primary N) is 1. The van der Waals surface area contributed by atoms with Crippen LogP contribution in [0.4, 0.5) is 57.4 Å². The first-order chi connectivity index (χ1) is 48.7. The molecule has 38 heteroatoms. The molecule has 6 aromatic rings. The lowest BCUT2D eigenvalue weighted by atomic mass is 8.53. The summed E-state index contributed by atoms with van der Waals surface area (Å²) in [5, 5.41) is 9.92. The summed E-state index contributed by atoms with van der Waals surface area (Å²) >= 11 is 18.2. The number of hydrogen-bond acceptors (Lipinski definition) is 20. The van der Waals surface area contributed by atoms with Crippen molar-refractivity contribution in [2.75, 3.05) is 132 Å². The van der Waals surface area contributed by atoms with Crippen LogP contribution in [0.3, 0.4) is 0 Å². The normalized spacial score (nSPS) is 12.7. The number of para-hydroxylation sites is 1. The Kier molecular flexibility index (Phi) is 37.3. The van der Waals surface area contributed by atoms with Gasteiger partial charge in [0.2, 0.25) is 21.3 Å². The molecule has 6 N–H and O–H groups in total. The van der Waals surface area contributed by atoms with Crippen LogP contribution in [0, 0.1) is 36.5 Å². The Hall–Kier alpha value is -7.01. The second-order valence-electron chi connectivity index (χ2n) is 24.6. The number of sulfonamides is 1. The standard InChI is InChI=1S/C30H41ClN6O4S.C17H29N3O.C12H12Cl2N4O3S.C6H.B12/c1-7-9-20-16-25(28(41-5)17-26(20)37-14-12-21(13-15-37)36(2)3)34-30-32-18-23(31)29(35-30)33-24-10-8-11-27(40-4)22(24)19-42(6,38)39;1-5-6-13-11-15(18)17(21-4)12-16(13)20-9-7-14(8-10-20)19(2)3;1-21-9-5-3-4-8(10(9)18-22(2,19)20)16-11-7(13)6-15-12(14)17-11;1-3-5-6-4-2;1-8(2)11(7)12(9(3)4)10(5)6/h8,10-11,16-18,21H,7,9,12-15,19H2,1-6H3,(H2,32,33,34,35);11-12,14H,5-10,18H2,1-4H3;3-6,18H,1-2H3,(H,15,16,17);1H;/q;;;2*-1. The molecule has 527 valence electrons. The molecule has 0 unspecified atom stereocenters. The first-order valence-electron chi connectivity index (χ1n) is 32.8. The van der Waals surface area contributed by atoms with Crippen molar-refractivity contribution in [3.8, 4) is 53.1 Å². The van der Waals surface area contributed by atoms with Crippen LogP contribution in [0.25, 0.3) is 0 Å². The van der Waals surface area contributed by atoms with E-state index in [2.05, 4.69) is 145 Å². The summed E-state index contributed by atoms with van der Waals surface area (Å²) in [6, 6.07) is 19.9. The van der Waals surface area contributed by atoms with Gasteiger partial charge in [0.1, 0.15) is 38.7 Å². The van der Waals surface area contributed by atoms with E-state index in [9.17, 15) is 16.8 Å². The van der Waals surface area contributed by atoms with Gasteiger partial charge >= 0.3 is 0 Å². The van der Waals surface area contributed by atoms with Crippen molar-refractivity contribution < 1.29 is 35.8 Å². The van der Waals surface area contributed by atoms with Crippen LogP contribution < -0.4 is 55.2 Å². The van der Waals surface area contributed by atoms with Crippen molar-refractivity contribution in [1.29, 1.82) is 0 Å². The van der Waals surface area contributed by atoms with Gasteiger partial charge in [0.25, 0.3) is 0 Å². The number of rotatable bonds is 26. The SMILES string of the molecule is CCCc1cc(N)c(OC)cc1N1CCC(N(C)C)CC1.CCCc1cc(Nc2ncc(Cl)c(Nc3cccc(OC)c3CS(C)(=O)=O)n2)c(OC)cc1N1CCC(N(C)C)CC1.COc1cccc(Nc2nc(Cl)ncc2Cl)c1NS(C)(=O)=O.[B]B([B])B(B([B])[B])B([B])B([B])[B-].[C-]#CC#CC#C. The lowest BCUT2D eigenvalue weighted by Crippen LogP contribution is -2.67. The predicted molar refractivity (Wildman–Crippen MR) is 441 cm³/mol. The number of aryl methyl sites for hydroxylation is 2. The molecular weight excluding hydrogens is 1390 g/mol. The van der Waals surface area contributed by atoms with Gasteiger partial charge in [-0.05, 0) is 204 Å². The number of terminal acetylenes is 1. The molecule has 4 aromatic carbocycles. The molecule has 2 aliphatic rings. The Balaban J connectivity index is 0.000000310. The van der Waals surface area contributed by atoms with Gasteiger partial charge in [-0.3, -0.25) is 10.6 Å². The predicted octanol–water partition coefficient (Wildman–Crippen LogP) is 6.97. The number of ether oxygens (including phenoxy) is 4. The highest BCUT2D eigenvalue weighted by Crippen LogP contribution is 2.40. The topological polar surface area (TPSA) is 244 Å². The number of piperidine rings is 2. The zero-order valence-corrected chi connectivity index (χ0v) is 64.6. The fourth-order valence-electron chi connectivity index (χ4n) is 11.3. The molecule has 2 fully saturated rings. The van der Waals surface area contributed by atoms with Crippen LogP contribution in [-0.2, 0) is 38.5 Å². The van der Waals surface area contributed by atoms with Crippen molar-refractivity contribution in [2.45, 2.75) is 83.1 Å². The summed E-state index contributed by atoms with van der Waals surface area (Å²) in [7, 11) is 46.0. The Morgan fingerprint density at radius 3 is 1.58 bits per heavy atom. The number of anilines is 10. The number of halogens is 3. The fraction of sp³-hybridized carbons (Fsp3) is 0.415. The number of methoxy groups -OCH3 is 4. The smallest absolute Gasteiger partial charge is 0.230 e. The van der Waals surface area contributed by atoms with Gasteiger partial charge in [-0.1, -0.05) is 62.0 Å². The molecule has 2 aromatic heterocycles. The van der Waals surface area contributed by atoms with Gasteiger partial charge in [-0.15, -0.1) is 12.3 Å². The zero-order chi connectivity index (χ0) is 76.9. The molecule has 0 amide bonds. The third kappa shape index (κ3) is 28.4. The Morgan fingerprint density at radius 2 is 1.15 bits per heavy atom. The van der Waals surface area contributed by atoms with E-state index in [1.165, 1.54) is 68.2 Å². The minimum Gasteiger partial charge on any atom is -0.687 e. The highest BCUT2D eigenvalue weighted by atomic mass is 35.5. The summed E-state index contributed by atoms with van der Waals surface area (Å²) in [5.74, 6) is 11.1. The van der Waals surface area contributed by atoms with Crippen molar-refractivity contribution in [3.63, 3.8) is 0 Å². The Bertz CT molecular complexity index is 4090. The van der Waals surface area contributed by atoms with Gasteiger partial charge < -0.3 is 74.4 Å². The third-order valence-corrected chi connectivity index (χ3v) is 18.5. The molecule has 0 saturated carbocycles. The first kappa shape index (κ1) is 88.4. The number of sulfone groups is 1. The summed E-state index contributed by atoms with van der Waals surface area (Å²) < 4.78 is 71.5. The van der Waals surface area contributed by atoms with Crippen LogP contribution in [0.5, 0.6) is 23.0 Å². The zero-order valence-electron chi connectivity index (χ0n) is 60.7. The van der Waals surface area contributed by atoms with Gasteiger partial charge in [0, 0.05) is 79.3 Å². The fourth-order valence-corrected chi connectivity index (χ4v) is 13.1. The number of hydrogen-bond donors (Lipinski definition) is 5. The average Bonchev–Trinajstić information content (AvgIpc) is 0.814. The van der Waals surface area contributed by atoms with E-state index in [1.807, 2.05) is 11.8 Å². The van der Waals surface area contributed by atoms with E-state index in [0.29, 0.717) is 58.0 Å². The minimum absolute atomic E-state index is 0.00687. The van der Waals surface area contributed by atoms with Gasteiger partial charge in [0.05, 0.1) is 69.9 Å². The van der Waals surface area contributed by atoms with E-state index >= 15 is 0 Å². The van der Waals surface area contributed by atoms with Crippen molar-refractivity contribution in [1.82, 2.24) is 29.7 Å². The number of nitrogen functional groups attached to an aromatic ring is 1. The lowest BCUT2D eigenvalue weighted by Gasteiger charge is -2.37. The second kappa shape index (κ2) is 43.4. The second-order valence-corrected chi connectivity index (χ2v) is 29.6. The molecule has 0 spiro atoms. The number of aromatic nitrogens is 4. The molecule has 0 aliphatic carbocycles. The third-order valence-electron chi connectivity index (χ3n) is 16.4. The summed E-state index contributed by atoms with van der Waals surface area (Å²) in [5.41, 5.74) is 14.3. The summed E-state index contributed by atoms with van der Waals surface area (Å²) in [6.45, 7) is 8.59. The molecule has 21 nitrogen and oxygen atoms in total. The van der Waals surface area contributed by atoms with Crippen molar-refractivity contribution in [3.05, 3.63) is 111 Å². The van der Waals surface area contributed by atoms with Crippen molar-refractivity contribution in [2.24, 2.45) is 0 Å². The molecule has 2 aliphatic heterocycles. The van der Waals surface area contributed by atoms with Gasteiger partial charge in [0.15, 0.2) is 21.5 Å². The average molecular weight is 1470 g/mol. The molecule has 2 saturated heterocycles. The number of benzene rings is 4. The molecule has 103 heavy (non-hydrogen) atoms. The van der Waals surface area contributed by atoms with Crippen molar-refractivity contribution >= 4 is 198 Å². The quantitative estimate of drug-likeness (QED) is 0.0121. The van der Waals surface area contributed by atoms with Crippen LogP contribution in [0.2, 0.25) is 15.3 Å². The molecule has 15 radical (unpaired) electrons.